The van der Waals surface area contributed by atoms with Gasteiger partial charge in [0.1, 0.15) is 0 Å². The molecule has 1 heterocycles. The Balaban J connectivity index is 1.77. The van der Waals surface area contributed by atoms with Gasteiger partial charge in [-0.3, -0.25) is 9.59 Å². The minimum absolute atomic E-state index is 0.0309. The van der Waals surface area contributed by atoms with Crippen molar-refractivity contribution in [1.82, 2.24) is 0 Å². The van der Waals surface area contributed by atoms with Gasteiger partial charge < -0.3 is 29.3 Å². The zero-order valence-corrected chi connectivity index (χ0v) is 19.0. The number of carbonyl (C=O) groups is 3. The second kappa shape index (κ2) is 10.8. The van der Waals surface area contributed by atoms with Crippen LogP contribution in [-0.4, -0.2) is 38.6 Å². The summed E-state index contributed by atoms with van der Waals surface area (Å²) in [4.78, 5) is 37.4. The van der Waals surface area contributed by atoms with Crippen molar-refractivity contribution in [2.24, 2.45) is 0 Å². The average Bonchev–Trinajstić information content (AvgIpc) is 3.34. The average molecular weight is 493 g/mol. The zero-order valence-electron chi connectivity index (χ0n) is 17.4. The molecule has 0 saturated heterocycles. The third-order valence-electron chi connectivity index (χ3n) is 4.28. The molecule has 172 valence electrons. The summed E-state index contributed by atoms with van der Waals surface area (Å²) in [5.41, 5.74) is 0.310. The standard InChI is InChI=1S/C22H18Cl2N2O7/c1-30-18-9-13(16(10-19(18)31-2)26-21(28)17-4-3-7-32-17)22(29)33-11-20(27)25-15-6-5-12(23)8-14(15)24/h3-10H,11H2,1-2H3,(H,25,27)(H,26,28). The fourth-order valence-electron chi connectivity index (χ4n) is 2.73. The number of anilines is 2. The van der Waals surface area contributed by atoms with E-state index >= 15 is 0 Å². The van der Waals surface area contributed by atoms with E-state index in [2.05, 4.69) is 10.6 Å². The smallest absolute Gasteiger partial charge is 0.340 e. The second-order valence-electron chi connectivity index (χ2n) is 6.43. The van der Waals surface area contributed by atoms with E-state index in [-0.39, 0.29) is 33.5 Å². The summed E-state index contributed by atoms with van der Waals surface area (Å²) < 4.78 is 20.6. The topological polar surface area (TPSA) is 116 Å². The van der Waals surface area contributed by atoms with Crippen LogP contribution in [0.2, 0.25) is 10.0 Å². The van der Waals surface area contributed by atoms with Crippen LogP contribution in [-0.2, 0) is 9.53 Å². The van der Waals surface area contributed by atoms with E-state index in [0.717, 1.165) is 0 Å². The van der Waals surface area contributed by atoms with Gasteiger partial charge in [0.25, 0.3) is 11.8 Å². The van der Waals surface area contributed by atoms with Crippen LogP contribution in [0.1, 0.15) is 20.9 Å². The van der Waals surface area contributed by atoms with E-state index in [1.807, 2.05) is 0 Å². The predicted molar refractivity (Wildman–Crippen MR) is 122 cm³/mol. The first-order valence-corrected chi connectivity index (χ1v) is 10.1. The van der Waals surface area contributed by atoms with Crippen molar-refractivity contribution in [3.63, 3.8) is 0 Å². The molecule has 0 aliphatic rings. The Bertz CT molecular complexity index is 1180. The lowest BCUT2D eigenvalue weighted by Crippen LogP contribution is -2.22. The maximum absolute atomic E-state index is 12.8. The lowest BCUT2D eigenvalue weighted by Gasteiger charge is -2.15. The first-order chi connectivity index (χ1) is 15.8. The molecule has 0 atom stereocenters. The van der Waals surface area contributed by atoms with Gasteiger partial charge in [0, 0.05) is 17.2 Å². The van der Waals surface area contributed by atoms with Crippen molar-refractivity contribution in [3.05, 3.63) is 70.1 Å². The number of carbonyl (C=O) groups excluding carboxylic acids is 3. The monoisotopic (exact) mass is 492 g/mol. The lowest BCUT2D eigenvalue weighted by atomic mass is 10.1. The number of benzene rings is 2. The summed E-state index contributed by atoms with van der Waals surface area (Å²) >= 11 is 11.9. The highest BCUT2D eigenvalue weighted by Gasteiger charge is 2.22. The van der Waals surface area contributed by atoms with Crippen molar-refractivity contribution < 1.29 is 33.0 Å². The van der Waals surface area contributed by atoms with Crippen LogP contribution in [0.15, 0.2) is 53.1 Å². The Morgan fingerprint density at radius 3 is 2.30 bits per heavy atom. The first-order valence-electron chi connectivity index (χ1n) is 9.35. The molecule has 3 aromatic rings. The molecule has 1 aromatic heterocycles. The predicted octanol–water partition coefficient (Wildman–Crippen LogP) is 4.65. The van der Waals surface area contributed by atoms with Crippen LogP contribution in [0.25, 0.3) is 0 Å². The Hall–Kier alpha value is -3.69. The molecule has 0 saturated carbocycles. The van der Waals surface area contributed by atoms with Gasteiger partial charge >= 0.3 is 5.97 Å². The molecule has 2 aromatic carbocycles. The fraction of sp³-hybridized carbons (Fsp3) is 0.136. The summed E-state index contributed by atoms with van der Waals surface area (Å²) in [5, 5.41) is 5.71. The Labute approximate surface area is 198 Å². The molecule has 9 nitrogen and oxygen atoms in total. The number of hydrogen-bond donors (Lipinski definition) is 2. The van der Waals surface area contributed by atoms with Crippen LogP contribution in [0.4, 0.5) is 11.4 Å². The highest BCUT2D eigenvalue weighted by molar-refractivity contribution is 6.36. The largest absolute Gasteiger partial charge is 0.493 e. The van der Waals surface area contributed by atoms with Crippen molar-refractivity contribution in [2.75, 3.05) is 31.5 Å². The normalized spacial score (nSPS) is 10.3. The quantitative estimate of drug-likeness (QED) is 0.439. The van der Waals surface area contributed by atoms with Crippen LogP contribution < -0.4 is 20.1 Å². The zero-order chi connectivity index (χ0) is 24.0. The molecule has 11 heteroatoms. The van der Waals surface area contributed by atoms with Crippen LogP contribution in [0, 0.1) is 0 Å². The van der Waals surface area contributed by atoms with Gasteiger partial charge in [-0.2, -0.15) is 0 Å². The molecule has 0 radical (unpaired) electrons. The molecular formula is C22H18Cl2N2O7. The lowest BCUT2D eigenvalue weighted by molar-refractivity contribution is -0.119. The van der Waals surface area contributed by atoms with E-state index < -0.39 is 24.4 Å². The Morgan fingerprint density at radius 1 is 0.939 bits per heavy atom. The van der Waals surface area contributed by atoms with Gasteiger partial charge in [0.2, 0.25) is 0 Å². The van der Waals surface area contributed by atoms with Gasteiger partial charge in [-0.15, -0.1) is 0 Å². The summed E-state index contributed by atoms with van der Waals surface area (Å²) in [5.74, 6) is -1.60. The van der Waals surface area contributed by atoms with E-state index in [1.165, 1.54) is 50.8 Å². The molecule has 0 unspecified atom stereocenters. The number of halogens is 2. The number of rotatable bonds is 8. The number of nitrogens with one attached hydrogen (secondary N) is 2. The van der Waals surface area contributed by atoms with Crippen molar-refractivity contribution >= 4 is 52.4 Å². The third-order valence-corrected chi connectivity index (χ3v) is 4.82. The molecule has 0 aliphatic heterocycles. The molecular weight excluding hydrogens is 475 g/mol. The van der Waals surface area contributed by atoms with Crippen LogP contribution in [0.3, 0.4) is 0 Å². The summed E-state index contributed by atoms with van der Waals surface area (Å²) in [7, 11) is 2.79. The van der Waals surface area contributed by atoms with Crippen molar-refractivity contribution in [1.29, 1.82) is 0 Å². The minimum Gasteiger partial charge on any atom is -0.493 e. The molecule has 3 rings (SSSR count). The summed E-state index contributed by atoms with van der Waals surface area (Å²) in [6.45, 7) is -0.613. The third kappa shape index (κ3) is 5.97. The highest BCUT2D eigenvalue weighted by atomic mass is 35.5. The van der Waals surface area contributed by atoms with E-state index in [0.29, 0.717) is 10.7 Å². The summed E-state index contributed by atoms with van der Waals surface area (Å²) in [6.07, 6.45) is 1.34. The van der Waals surface area contributed by atoms with Crippen LogP contribution in [0.5, 0.6) is 11.5 Å². The van der Waals surface area contributed by atoms with E-state index in [1.54, 1.807) is 12.1 Å². The molecule has 2 amide bonds. The van der Waals surface area contributed by atoms with Gasteiger partial charge in [0.15, 0.2) is 23.9 Å². The number of hydrogen-bond acceptors (Lipinski definition) is 7. The van der Waals surface area contributed by atoms with E-state index in [9.17, 15) is 14.4 Å². The number of amides is 2. The minimum atomic E-state index is -0.886. The summed E-state index contributed by atoms with van der Waals surface area (Å²) in [6, 6.07) is 10.2. The first kappa shape index (κ1) is 24.0. The number of furan rings is 1. The number of esters is 1. The molecule has 0 fully saturated rings. The maximum Gasteiger partial charge on any atom is 0.340 e. The maximum atomic E-state index is 12.8. The Morgan fingerprint density at radius 2 is 1.67 bits per heavy atom. The van der Waals surface area contributed by atoms with Gasteiger partial charge in [-0.25, -0.2) is 4.79 Å². The van der Waals surface area contributed by atoms with Gasteiger partial charge in [-0.05, 0) is 30.3 Å². The molecule has 2 N–H and O–H groups in total. The SMILES string of the molecule is COc1cc(NC(=O)c2ccco2)c(C(=O)OCC(=O)Nc2ccc(Cl)cc2Cl)cc1OC. The van der Waals surface area contributed by atoms with E-state index in [4.69, 9.17) is 41.8 Å². The number of methoxy groups -OCH3 is 2. The van der Waals surface area contributed by atoms with Crippen molar-refractivity contribution in [2.45, 2.75) is 0 Å². The Kier molecular flexibility index (Phi) is 7.81. The molecule has 0 aliphatic carbocycles. The van der Waals surface area contributed by atoms with Gasteiger partial charge in [-0.1, -0.05) is 23.2 Å². The van der Waals surface area contributed by atoms with Crippen molar-refractivity contribution in [3.8, 4) is 11.5 Å². The number of ether oxygens (including phenoxy) is 3. The molecule has 0 spiro atoms. The molecule has 0 bridgehead atoms. The second-order valence-corrected chi connectivity index (χ2v) is 7.28. The van der Waals surface area contributed by atoms with Crippen LogP contribution >= 0.6 is 23.2 Å². The highest BCUT2D eigenvalue weighted by Crippen LogP contribution is 2.34. The molecule has 33 heavy (non-hydrogen) atoms. The van der Waals surface area contributed by atoms with Gasteiger partial charge in [0.05, 0.1) is 42.4 Å². The fourth-order valence-corrected chi connectivity index (χ4v) is 3.18.